The van der Waals surface area contributed by atoms with E-state index in [-0.39, 0.29) is 0 Å². The fraction of sp³-hybridized carbons (Fsp3) is 0.692. The fourth-order valence-electron chi connectivity index (χ4n) is 2.53. The van der Waals surface area contributed by atoms with E-state index in [1.807, 2.05) is 13.8 Å². The smallest absolute Gasteiger partial charge is 0.125 e. The molecule has 0 bridgehead atoms. The Hall–Kier alpha value is -0.960. The van der Waals surface area contributed by atoms with Gasteiger partial charge in [0.2, 0.25) is 0 Å². The van der Waals surface area contributed by atoms with E-state index in [2.05, 4.69) is 27.9 Å². The maximum Gasteiger partial charge on any atom is 0.125 e. The molecule has 0 radical (unpaired) electrons. The lowest BCUT2D eigenvalue weighted by Crippen LogP contribution is -2.34. The number of likely N-dealkylation sites (tertiary alicyclic amines) is 1. The molecule has 1 aliphatic heterocycles. The third kappa shape index (κ3) is 3.01. The van der Waals surface area contributed by atoms with Crippen molar-refractivity contribution in [1.82, 2.24) is 14.9 Å². The van der Waals surface area contributed by atoms with E-state index >= 15 is 0 Å². The lowest BCUT2D eigenvalue weighted by molar-refractivity contribution is 0.174. The Bertz CT molecular complexity index is 342. The van der Waals surface area contributed by atoms with Crippen LogP contribution in [0, 0.1) is 19.8 Å². The molecule has 2 rings (SSSR count). The molecule has 1 aliphatic rings. The van der Waals surface area contributed by atoms with E-state index in [9.17, 15) is 0 Å². The average Bonchev–Trinajstić information content (AvgIpc) is 2.15. The molecular weight excluding hydrogens is 198 g/mol. The predicted octanol–water partition coefficient (Wildman–Crippen LogP) is 2.33. The molecule has 0 spiro atoms. The van der Waals surface area contributed by atoms with Crippen molar-refractivity contribution >= 4 is 0 Å². The first-order chi connectivity index (χ1) is 7.63. The normalized spacial score (nSPS) is 22.3. The largest absolute Gasteiger partial charge is 0.297 e. The summed E-state index contributed by atoms with van der Waals surface area (Å²) in [6.07, 6.45) is 2.70. The van der Waals surface area contributed by atoms with E-state index in [4.69, 9.17) is 0 Å². The lowest BCUT2D eigenvalue weighted by Gasteiger charge is -2.30. The van der Waals surface area contributed by atoms with Gasteiger partial charge in [0.05, 0.1) is 5.69 Å². The van der Waals surface area contributed by atoms with Crippen LogP contribution >= 0.6 is 0 Å². The van der Waals surface area contributed by atoms with Gasteiger partial charge in [0.15, 0.2) is 0 Å². The zero-order chi connectivity index (χ0) is 11.5. The highest BCUT2D eigenvalue weighted by Gasteiger charge is 2.16. The van der Waals surface area contributed by atoms with Crippen molar-refractivity contribution in [3.05, 3.63) is 23.3 Å². The number of aromatic nitrogens is 2. The number of rotatable bonds is 2. The van der Waals surface area contributed by atoms with Crippen LogP contribution in [-0.2, 0) is 6.54 Å². The van der Waals surface area contributed by atoms with Gasteiger partial charge in [-0.15, -0.1) is 0 Å². The van der Waals surface area contributed by atoms with Gasteiger partial charge in [0.25, 0.3) is 0 Å². The second kappa shape index (κ2) is 4.91. The van der Waals surface area contributed by atoms with E-state index in [0.29, 0.717) is 0 Å². The summed E-state index contributed by atoms with van der Waals surface area (Å²) in [4.78, 5) is 11.3. The van der Waals surface area contributed by atoms with Crippen LogP contribution < -0.4 is 0 Å². The molecule has 2 heterocycles. The standard InChI is InChI=1S/C13H21N3/c1-10-5-4-6-16(8-10)9-13-7-11(2)14-12(3)15-13/h7,10H,4-6,8-9H2,1-3H3. The number of piperidine rings is 1. The van der Waals surface area contributed by atoms with Crippen LogP contribution in [0.25, 0.3) is 0 Å². The van der Waals surface area contributed by atoms with Crippen molar-refractivity contribution in [2.75, 3.05) is 13.1 Å². The highest BCUT2D eigenvalue weighted by Crippen LogP contribution is 2.17. The number of nitrogens with zero attached hydrogens (tertiary/aromatic N) is 3. The summed E-state index contributed by atoms with van der Waals surface area (Å²) in [5.41, 5.74) is 2.24. The van der Waals surface area contributed by atoms with Gasteiger partial charge in [-0.05, 0) is 45.2 Å². The summed E-state index contributed by atoms with van der Waals surface area (Å²) >= 11 is 0. The van der Waals surface area contributed by atoms with E-state index in [1.54, 1.807) is 0 Å². The minimum atomic E-state index is 0.831. The minimum Gasteiger partial charge on any atom is -0.297 e. The number of aryl methyl sites for hydroxylation is 2. The third-order valence-corrected chi connectivity index (χ3v) is 3.15. The van der Waals surface area contributed by atoms with Gasteiger partial charge in [-0.25, -0.2) is 9.97 Å². The Morgan fingerprint density at radius 2 is 2.19 bits per heavy atom. The molecule has 0 N–H and O–H groups in total. The van der Waals surface area contributed by atoms with E-state index < -0.39 is 0 Å². The first-order valence-electron chi connectivity index (χ1n) is 6.17. The summed E-state index contributed by atoms with van der Waals surface area (Å²) in [7, 11) is 0. The summed E-state index contributed by atoms with van der Waals surface area (Å²) in [6, 6.07) is 2.10. The summed E-state index contributed by atoms with van der Waals surface area (Å²) < 4.78 is 0. The van der Waals surface area contributed by atoms with Crippen molar-refractivity contribution in [3.8, 4) is 0 Å². The van der Waals surface area contributed by atoms with Gasteiger partial charge >= 0.3 is 0 Å². The van der Waals surface area contributed by atoms with Gasteiger partial charge in [-0.2, -0.15) is 0 Å². The quantitative estimate of drug-likeness (QED) is 0.764. The minimum absolute atomic E-state index is 0.831. The molecule has 1 aromatic heterocycles. The number of hydrogen-bond donors (Lipinski definition) is 0. The van der Waals surface area contributed by atoms with Crippen LogP contribution in [0.3, 0.4) is 0 Å². The molecule has 88 valence electrons. The van der Waals surface area contributed by atoms with Gasteiger partial charge in [0, 0.05) is 18.8 Å². The van der Waals surface area contributed by atoms with Gasteiger partial charge in [-0.1, -0.05) is 6.92 Å². The number of hydrogen-bond acceptors (Lipinski definition) is 3. The van der Waals surface area contributed by atoms with Crippen LogP contribution in [0.5, 0.6) is 0 Å². The zero-order valence-corrected chi connectivity index (χ0v) is 10.5. The van der Waals surface area contributed by atoms with Crippen molar-refractivity contribution in [2.45, 2.75) is 40.2 Å². The first-order valence-corrected chi connectivity index (χ1v) is 6.17. The van der Waals surface area contributed by atoms with Gasteiger partial charge < -0.3 is 0 Å². The molecule has 1 fully saturated rings. The Kier molecular flexibility index (Phi) is 3.54. The SMILES string of the molecule is Cc1cc(CN2CCCC(C)C2)nc(C)n1. The Labute approximate surface area is 97.9 Å². The molecule has 16 heavy (non-hydrogen) atoms. The molecule has 0 amide bonds. The van der Waals surface area contributed by atoms with Crippen LogP contribution in [0.4, 0.5) is 0 Å². The predicted molar refractivity (Wildman–Crippen MR) is 65.2 cm³/mol. The van der Waals surface area contributed by atoms with Crippen LogP contribution in [0.1, 0.15) is 37.0 Å². The van der Waals surface area contributed by atoms with Crippen LogP contribution in [0.15, 0.2) is 6.07 Å². The first kappa shape index (κ1) is 11.5. The highest BCUT2D eigenvalue weighted by molar-refractivity contribution is 5.09. The molecule has 0 saturated carbocycles. The molecule has 1 aromatic rings. The molecular formula is C13H21N3. The second-order valence-corrected chi connectivity index (χ2v) is 5.03. The van der Waals surface area contributed by atoms with Gasteiger partial charge in [0.1, 0.15) is 5.82 Å². The fourth-order valence-corrected chi connectivity index (χ4v) is 2.53. The van der Waals surface area contributed by atoms with Gasteiger partial charge in [-0.3, -0.25) is 4.90 Å². The highest BCUT2D eigenvalue weighted by atomic mass is 15.1. The Morgan fingerprint density at radius 3 is 2.88 bits per heavy atom. The van der Waals surface area contributed by atoms with Crippen molar-refractivity contribution in [1.29, 1.82) is 0 Å². The molecule has 0 aliphatic carbocycles. The molecule has 1 saturated heterocycles. The molecule has 3 heteroatoms. The van der Waals surface area contributed by atoms with Crippen LogP contribution in [0.2, 0.25) is 0 Å². The maximum absolute atomic E-state index is 4.50. The molecule has 1 atom stereocenters. The van der Waals surface area contributed by atoms with Crippen molar-refractivity contribution in [3.63, 3.8) is 0 Å². The Morgan fingerprint density at radius 1 is 1.38 bits per heavy atom. The topological polar surface area (TPSA) is 29.0 Å². The Balaban J connectivity index is 2.02. The lowest BCUT2D eigenvalue weighted by atomic mass is 10.0. The molecule has 1 unspecified atom stereocenters. The second-order valence-electron chi connectivity index (χ2n) is 5.03. The molecule has 0 aromatic carbocycles. The molecule has 3 nitrogen and oxygen atoms in total. The summed E-state index contributed by atoms with van der Waals surface area (Å²) in [5.74, 6) is 1.72. The third-order valence-electron chi connectivity index (χ3n) is 3.15. The van der Waals surface area contributed by atoms with E-state index in [0.717, 1.165) is 24.0 Å². The van der Waals surface area contributed by atoms with Crippen molar-refractivity contribution in [2.24, 2.45) is 5.92 Å². The van der Waals surface area contributed by atoms with Crippen LogP contribution in [-0.4, -0.2) is 28.0 Å². The zero-order valence-electron chi connectivity index (χ0n) is 10.5. The summed E-state index contributed by atoms with van der Waals surface area (Å²) in [5, 5.41) is 0. The maximum atomic E-state index is 4.50. The van der Waals surface area contributed by atoms with Crippen molar-refractivity contribution < 1.29 is 0 Å². The van der Waals surface area contributed by atoms with E-state index in [1.165, 1.54) is 31.6 Å². The monoisotopic (exact) mass is 219 g/mol. The average molecular weight is 219 g/mol. The summed E-state index contributed by atoms with van der Waals surface area (Å²) in [6.45, 7) is 9.75.